The summed E-state index contributed by atoms with van der Waals surface area (Å²) >= 11 is 0. The minimum Gasteiger partial charge on any atom is -0.377 e. The average Bonchev–Trinajstić information content (AvgIpc) is 2.30. The summed E-state index contributed by atoms with van der Waals surface area (Å²) in [4.78, 5) is 17.2. The molecule has 0 aromatic heterocycles. The van der Waals surface area contributed by atoms with Gasteiger partial charge in [-0.2, -0.15) is 0 Å². The Morgan fingerprint density at radius 2 is 2.16 bits per heavy atom. The Morgan fingerprint density at radius 3 is 2.68 bits per heavy atom. The smallest absolute Gasteiger partial charge is 0.314 e. The summed E-state index contributed by atoms with van der Waals surface area (Å²) in [7, 11) is 3.80. The lowest BCUT2D eigenvalue weighted by molar-refractivity contribution is -0.542. The number of likely N-dealkylation sites (N-methyl/N-ethyl adjacent to an activating group) is 1. The second-order valence-corrected chi connectivity index (χ2v) is 5.17. The second-order valence-electron chi connectivity index (χ2n) is 5.17. The molecule has 2 atom stereocenters. The molecule has 0 saturated heterocycles. The normalized spacial score (nSPS) is 29.6. The van der Waals surface area contributed by atoms with Crippen molar-refractivity contribution in [2.75, 3.05) is 14.1 Å². The van der Waals surface area contributed by atoms with Crippen molar-refractivity contribution in [1.82, 2.24) is 4.90 Å². The number of fused-ring (bicyclic) bond motifs is 1. The quantitative estimate of drug-likeness (QED) is 0.458. The first kappa shape index (κ1) is 13.5. The van der Waals surface area contributed by atoms with Crippen LogP contribution < -0.4 is 5.73 Å². The zero-order valence-corrected chi connectivity index (χ0v) is 11.5. The van der Waals surface area contributed by atoms with Gasteiger partial charge in [0.2, 0.25) is 0 Å². The van der Waals surface area contributed by atoms with Crippen molar-refractivity contribution in [3.05, 3.63) is 45.2 Å². The van der Waals surface area contributed by atoms with E-state index in [2.05, 4.69) is 4.99 Å². The fourth-order valence-electron chi connectivity index (χ4n) is 2.28. The fourth-order valence-corrected chi connectivity index (χ4v) is 2.28. The number of hydrogen-bond donors (Lipinski definition) is 1. The van der Waals surface area contributed by atoms with Crippen LogP contribution in [-0.4, -0.2) is 41.3 Å². The molecule has 6 nitrogen and oxygen atoms in total. The zero-order valence-electron chi connectivity index (χ0n) is 11.5. The molecule has 6 heteroatoms. The summed E-state index contributed by atoms with van der Waals surface area (Å²) in [5.41, 5.74) is 7.16. The van der Waals surface area contributed by atoms with Gasteiger partial charge in [0.15, 0.2) is 0 Å². The van der Waals surface area contributed by atoms with Crippen molar-refractivity contribution in [3.63, 3.8) is 0 Å². The van der Waals surface area contributed by atoms with Crippen molar-refractivity contribution in [1.29, 1.82) is 0 Å². The Morgan fingerprint density at radius 1 is 1.53 bits per heavy atom. The minimum atomic E-state index is -1.65. The maximum absolute atomic E-state index is 11.2. The molecule has 0 amide bonds. The van der Waals surface area contributed by atoms with Crippen LogP contribution in [0.5, 0.6) is 0 Å². The van der Waals surface area contributed by atoms with Crippen molar-refractivity contribution in [3.8, 4) is 0 Å². The summed E-state index contributed by atoms with van der Waals surface area (Å²) in [5, 5.41) is 11.2. The van der Waals surface area contributed by atoms with Gasteiger partial charge < -0.3 is 4.90 Å². The largest absolute Gasteiger partial charge is 0.377 e. The van der Waals surface area contributed by atoms with E-state index in [0.29, 0.717) is 5.57 Å². The van der Waals surface area contributed by atoms with E-state index in [1.54, 1.807) is 13.0 Å². The Hall–Kier alpha value is -1.95. The molecule has 2 rings (SSSR count). The fraction of sp³-hybridized carbons (Fsp3) is 0.462. The van der Waals surface area contributed by atoms with Crippen LogP contribution in [-0.2, 0) is 0 Å². The van der Waals surface area contributed by atoms with E-state index < -0.39 is 10.6 Å². The molecule has 1 aliphatic heterocycles. The molecule has 1 aliphatic carbocycles. The van der Waals surface area contributed by atoms with Gasteiger partial charge in [0.05, 0.1) is 16.7 Å². The minimum absolute atomic E-state index is 0.0504. The number of rotatable bonds is 2. The van der Waals surface area contributed by atoms with Crippen LogP contribution in [0.15, 0.2) is 40.1 Å². The number of nitro groups is 1. The molecule has 0 aromatic carbocycles. The van der Waals surface area contributed by atoms with Gasteiger partial charge >= 0.3 is 5.66 Å². The number of nitrogens with zero attached hydrogens (tertiary/aromatic N) is 3. The molecule has 102 valence electrons. The number of aliphatic imine (C=N–C) groups is 1. The lowest BCUT2D eigenvalue weighted by Crippen LogP contribution is -2.49. The third-order valence-electron chi connectivity index (χ3n) is 3.43. The molecular weight excluding hydrogens is 244 g/mol. The standard InChI is InChI=1S/C13H18N4O2/c1-8-5-11-10(7-13(8,14)17(18)19)12(16(3)4)6-9(2)15-11/h5-7,9H,14H2,1-4H3. The van der Waals surface area contributed by atoms with Gasteiger partial charge in [0, 0.05) is 37.0 Å². The molecule has 0 bridgehead atoms. The Labute approximate surface area is 112 Å². The first-order valence-electron chi connectivity index (χ1n) is 6.08. The van der Waals surface area contributed by atoms with Crippen LogP contribution in [0.2, 0.25) is 0 Å². The van der Waals surface area contributed by atoms with E-state index >= 15 is 0 Å². The lowest BCUT2D eigenvalue weighted by atomic mass is 9.86. The predicted molar refractivity (Wildman–Crippen MR) is 74.4 cm³/mol. The van der Waals surface area contributed by atoms with Gasteiger partial charge in [-0.3, -0.25) is 20.8 Å². The second kappa shape index (κ2) is 4.31. The number of allylic oxidation sites excluding steroid dienone is 2. The Kier molecular flexibility index (Phi) is 3.06. The maximum Gasteiger partial charge on any atom is 0.314 e. The molecule has 2 unspecified atom stereocenters. The highest BCUT2D eigenvalue weighted by Gasteiger charge is 2.43. The zero-order chi connectivity index (χ0) is 14.4. The summed E-state index contributed by atoms with van der Waals surface area (Å²) < 4.78 is 0. The summed E-state index contributed by atoms with van der Waals surface area (Å²) in [6, 6.07) is 0.0504. The van der Waals surface area contributed by atoms with E-state index in [9.17, 15) is 10.1 Å². The Balaban J connectivity index is 2.58. The van der Waals surface area contributed by atoms with Crippen molar-refractivity contribution in [2.24, 2.45) is 10.7 Å². The summed E-state index contributed by atoms with van der Waals surface area (Å²) in [6.07, 6.45) is 5.19. The van der Waals surface area contributed by atoms with E-state index in [-0.39, 0.29) is 6.04 Å². The van der Waals surface area contributed by atoms with E-state index in [0.717, 1.165) is 17.0 Å². The van der Waals surface area contributed by atoms with Crippen molar-refractivity contribution >= 4 is 5.71 Å². The Bertz CT molecular complexity index is 557. The SMILES string of the molecule is CC1=CC2=NC(C)C=C(N(C)C)C2=CC1(N)[N+](=O)[O-]. The van der Waals surface area contributed by atoms with Gasteiger partial charge in [-0.1, -0.05) is 0 Å². The van der Waals surface area contributed by atoms with Crippen molar-refractivity contribution in [2.45, 2.75) is 25.6 Å². The summed E-state index contributed by atoms with van der Waals surface area (Å²) in [6.45, 7) is 3.64. The highest BCUT2D eigenvalue weighted by molar-refractivity contribution is 6.13. The van der Waals surface area contributed by atoms with Crippen LogP contribution in [0.3, 0.4) is 0 Å². The topological polar surface area (TPSA) is 84.8 Å². The monoisotopic (exact) mass is 262 g/mol. The predicted octanol–water partition coefficient (Wildman–Crippen LogP) is 1.09. The van der Waals surface area contributed by atoms with Gasteiger partial charge in [0.25, 0.3) is 0 Å². The number of dihydropyridines is 1. The third-order valence-corrected chi connectivity index (χ3v) is 3.43. The van der Waals surface area contributed by atoms with Gasteiger partial charge in [0.1, 0.15) is 0 Å². The van der Waals surface area contributed by atoms with E-state index in [4.69, 9.17) is 5.73 Å². The van der Waals surface area contributed by atoms with Gasteiger partial charge in [-0.05, 0) is 26.0 Å². The molecule has 0 fully saturated rings. The first-order chi connectivity index (χ1) is 8.75. The highest BCUT2D eigenvalue weighted by Crippen LogP contribution is 2.31. The van der Waals surface area contributed by atoms with E-state index in [1.165, 1.54) is 6.08 Å². The molecule has 0 spiro atoms. The van der Waals surface area contributed by atoms with E-state index in [1.807, 2.05) is 32.0 Å². The van der Waals surface area contributed by atoms with Crippen molar-refractivity contribution < 1.29 is 4.92 Å². The van der Waals surface area contributed by atoms with Crippen LogP contribution in [0, 0.1) is 10.1 Å². The lowest BCUT2D eigenvalue weighted by Gasteiger charge is -2.31. The number of nitrogens with two attached hydrogens (primary N) is 1. The molecule has 2 N–H and O–H groups in total. The molecule has 1 heterocycles. The molecular formula is C13H18N4O2. The average molecular weight is 262 g/mol. The molecule has 2 aliphatic rings. The van der Waals surface area contributed by atoms with Crippen LogP contribution in [0.1, 0.15) is 13.8 Å². The first-order valence-corrected chi connectivity index (χ1v) is 6.08. The molecule has 0 saturated carbocycles. The van der Waals surface area contributed by atoms with Crippen LogP contribution in [0.25, 0.3) is 0 Å². The molecule has 0 aromatic rings. The number of hydrogen-bond acceptors (Lipinski definition) is 5. The molecule has 19 heavy (non-hydrogen) atoms. The molecule has 0 radical (unpaired) electrons. The van der Waals surface area contributed by atoms with Crippen LogP contribution >= 0.6 is 0 Å². The summed E-state index contributed by atoms with van der Waals surface area (Å²) in [5.74, 6) is 0. The highest BCUT2D eigenvalue weighted by atomic mass is 16.6. The van der Waals surface area contributed by atoms with Gasteiger partial charge in [-0.15, -0.1) is 0 Å². The maximum atomic E-state index is 11.2. The van der Waals surface area contributed by atoms with Crippen LogP contribution in [0.4, 0.5) is 0 Å². The van der Waals surface area contributed by atoms with Gasteiger partial charge in [-0.25, -0.2) is 0 Å². The third kappa shape index (κ3) is 2.08.